The average Bonchev–Trinajstić information content (AvgIpc) is 3.56. The van der Waals surface area contributed by atoms with Crippen molar-refractivity contribution in [2.45, 2.75) is 57.5 Å². The Morgan fingerprint density at radius 3 is 2.79 bits per heavy atom. The molecule has 1 aromatic rings. The van der Waals surface area contributed by atoms with Crippen molar-refractivity contribution >= 4 is 11.8 Å². The average molecular weight is 388 g/mol. The molecule has 2 aliphatic heterocycles. The molecule has 1 atom stereocenters. The third kappa shape index (κ3) is 3.83. The Labute approximate surface area is 164 Å². The third-order valence-corrected chi connectivity index (χ3v) is 5.99. The minimum absolute atomic E-state index is 0.0254. The molecule has 1 aliphatic carbocycles. The van der Waals surface area contributed by atoms with Crippen molar-refractivity contribution in [3.8, 4) is 0 Å². The first-order chi connectivity index (χ1) is 13.6. The van der Waals surface area contributed by atoms with Crippen molar-refractivity contribution in [3.63, 3.8) is 0 Å². The molecule has 152 valence electrons. The first-order valence-electron chi connectivity index (χ1n) is 10.3. The van der Waals surface area contributed by atoms with Crippen molar-refractivity contribution in [1.82, 2.24) is 19.8 Å². The minimum atomic E-state index is -0.217. The molecular formula is C20H28N4O4. The van der Waals surface area contributed by atoms with Gasteiger partial charge in [-0.05, 0) is 38.5 Å². The number of H-pyrrole nitrogens is 1. The van der Waals surface area contributed by atoms with Gasteiger partial charge >= 0.3 is 0 Å². The number of ether oxygens (including phenoxy) is 1. The number of nitrogens with zero attached hydrogens (tertiary/aromatic N) is 3. The van der Waals surface area contributed by atoms with Crippen LogP contribution in [0, 0.1) is 5.92 Å². The Bertz CT molecular complexity index is 817. The molecule has 0 radical (unpaired) electrons. The van der Waals surface area contributed by atoms with Crippen LogP contribution in [0.1, 0.15) is 61.6 Å². The molecule has 1 saturated carbocycles. The number of hydrogen-bond acceptors (Lipinski definition) is 5. The van der Waals surface area contributed by atoms with E-state index in [0.717, 1.165) is 32.1 Å². The number of amides is 2. The topological polar surface area (TPSA) is 95.6 Å². The molecule has 3 heterocycles. The van der Waals surface area contributed by atoms with Crippen LogP contribution in [0.2, 0.25) is 0 Å². The first kappa shape index (κ1) is 19.1. The molecule has 8 nitrogen and oxygen atoms in total. The molecule has 0 unspecified atom stereocenters. The second kappa shape index (κ2) is 8.03. The predicted molar refractivity (Wildman–Crippen MR) is 102 cm³/mol. The Morgan fingerprint density at radius 1 is 1.21 bits per heavy atom. The lowest BCUT2D eigenvalue weighted by molar-refractivity contribution is -0.136. The fourth-order valence-electron chi connectivity index (χ4n) is 4.24. The van der Waals surface area contributed by atoms with E-state index in [-0.39, 0.29) is 29.3 Å². The highest BCUT2D eigenvalue weighted by atomic mass is 16.5. The van der Waals surface area contributed by atoms with E-state index in [1.165, 1.54) is 0 Å². The zero-order chi connectivity index (χ0) is 19.7. The number of piperidine rings is 1. The number of rotatable bonds is 5. The number of aromatic amines is 1. The van der Waals surface area contributed by atoms with Gasteiger partial charge in [-0.15, -0.1) is 0 Å². The van der Waals surface area contributed by atoms with Gasteiger partial charge in [-0.1, -0.05) is 0 Å². The van der Waals surface area contributed by atoms with E-state index >= 15 is 0 Å². The summed E-state index contributed by atoms with van der Waals surface area (Å²) >= 11 is 0. The maximum atomic E-state index is 12.7. The van der Waals surface area contributed by atoms with Crippen LogP contribution in [0.4, 0.5) is 0 Å². The van der Waals surface area contributed by atoms with Crippen molar-refractivity contribution < 1.29 is 14.3 Å². The number of nitrogens with one attached hydrogen (secondary N) is 1. The van der Waals surface area contributed by atoms with Crippen LogP contribution in [0.3, 0.4) is 0 Å². The molecule has 3 aliphatic rings. The summed E-state index contributed by atoms with van der Waals surface area (Å²) in [6.45, 7) is 2.03. The Balaban J connectivity index is 1.58. The number of carbonyl (C=O) groups excluding carboxylic acids is 2. The molecule has 0 spiro atoms. The number of hydrogen-bond donors (Lipinski definition) is 1. The number of methoxy groups -OCH3 is 1. The highest BCUT2D eigenvalue weighted by molar-refractivity contribution is 5.81. The molecule has 0 aromatic carbocycles. The van der Waals surface area contributed by atoms with E-state index in [4.69, 9.17) is 9.72 Å². The van der Waals surface area contributed by atoms with Gasteiger partial charge in [-0.25, -0.2) is 4.98 Å². The van der Waals surface area contributed by atoms with Crippen LogP contribution in [0.15, 0.2) is 4.79 Å². The van der Waals surface area contributed by atoms with Crippen molar-refractivity contribution in [2.24, 2.45) is 5.92 Å². The molecule has 1 N–H and O–H groups in total. The van der Waals surface area contributed by atoms with Gasteiger partial charge < -0.3 is 19.5 Å². The van der Waals surface area contributed by atoms with Crippen LogP contribution < -0.4 is 5.56 Å². The van der Waals surface area contributed by atoms with E-state index in [1.54, 1.807) is 7.11 Å². The van der Waals surface area contributed by atoms with Crippen LogP contribution in [-0.4, -0.2) is 58.4 Å². The highest BCUT2D eigenvalue weighted by Gasteiger charge is 2.36. The Kier molecular flexibility index (Phi) is 5.48. The summed E-state index contributed by atoms with van der Waals surface area (Å²) in [7, 11) is 1.58. The van der Waals surface area contributed by atoms with E-state index in [2.05, 4.69) is 4.98 Å². The molecule has 1 saturated heterocycles. The fourth-order valence-corrected chi connectivity index (χ4v) is 4.24. The highest BCUT2D eigenvalue weighted by Crippen LogP contribution is 2.33. The molecule has 8 heteroatoms. The van der Waals surface area contributed by atoms with E-state index in [1.807, 2.05) is 9.80 Å². The first-order valence-corrected chi connectivity index (χ1v) is 10.3. The summed E-state index contributed by atoms with van der Waals surface area (Å²) in [6.07, 6.45) is 5.53. The molecule has 28 heavy (non-hydrogen) atoms. The van der Waals surface area contributed by atoms with Gasteiger partial charge in [0, 0.05) is 31.7 Å². The van der Waals surface area contributed by atoms with Crippen molar-refractivity contribution in [3.05, 3.63) is 27.4 Å². The van der Waals surface area contributed by atoms with Crippen LogP contribution in [0.5, 0.6) is 0 Å². The fraction of sp³-hybridized carbons (Fsp3) is 0.700. The summed E-state index contributed by atoms with van der Waals surface area (Å²) < 4.78 is 5.04. The van der Waals surface area contributed by atoms with Gasteiger partial charge in [-0.2, -0.15) is 0 Å². The normalized spacial score (nSPS) is 22.1. The lowest BCUT2D eigenvalue weighted by atomic mass is 9.99. The lowest BCUT2D eigenvalue weighted by Gasteiger charge is -2.36. The predicted octanol–water partition coefficient (Wildman–Crippen LogP) is 1.15. The van der Waals surface area contributed by atoms with Gasteiger partial charge in [0.1, 0.15) is 5.82 Å². The van der Waals surface area contributed by atoms with Gasteiger partial charge in [0.15, 0.2) is 0 Å². The van der Waals surface area contributed by atoms with E-state index < -0.39 is 0 Å². The second-order valence-corrected chi connectivity index (χ2v) is 8.00. The summed E-state index contributed by atoms with van der Waals surface area (Å²) in [4.78, 5) is 49.1. The number of fused-ring (bicyclic) bond motifs is 1. The van der Waals surface area contributed by atoms with Gasteiger partial charge in [0.2, 0.25) is 11.8 Å². The SMILES string of the molecule is COCCC(=O)N1CCCC[C@@H]1c1nc2c(c(=O)[nH]1)CCN(C(=O)C1CC1)C2. The number of likely N-dealkylation sites (tertiary alicyclic amines) is 1. The zero-order valence-corrected chi connectivity index (χ0v) is 16.4. The molecule has 4 rings (SSSR count). The standard InChI is InChI=1S/C20H28N4O4/c1-28-11-8-17(25)24-9-3-2-4-16(24)18-21-15-12-23(20(27)13-5-6-13)10-7-14(15)19(26)22-18/h13,16H,2-12H2,1H3,(H,21,22,26)/t16-/m1/s1. The van der Waals surface area contributed by atoms with E-state index in [9.17, 15) is 14.4 Å². The van der Waals surface area contributed by atoms with Crippen LogP contribution in [0.25, 0.3) is 0 Å². The Hall–Kier alpha value is -2.22. The van der Waals surface area contributed by atoms with Gasteiger partial charge in [-0.3, -0.25) is 14.4 Å². The van der Waals surface area contributed by atoms with Gasteiger partial charge in [0.05, 0.1) is 31.3 Å². The smallest absolute Gasteiger partial charge is 0.254 e. The molecule has 2 fully saturated rings. The second-order valence-electron chi connectivity index (χ2n) is 8.00. The maximum Gasteiger partial charge on any atom is 0.254 e. The number of aromatic nitrogens is 2. The summed E-state index contributed by atoms with van der Waals surface area (Å²) in [5, 5.41) is 0. The zero-order valence-electron chi connectivity index (χ0n) is 16.4. The van der Waals surface area contributed by atoms with E-state index in [0.29, 0.717) is 56.2 Å². The van der Waals surface area contributed by atoms with Crippen molar-refractivity contribution in [1.29, 1.82) is 0 Å². The summed E-state index contributed by atoms with van der Waals surface area (Å²) in [5.41, 5.74) is 1.24. The van der Waals surface area contributed by atoms with Crippen LogP contribution >= 0.6 is 0 Å². The molecular weight excluding hydrogens is 360 g/mol. The van der Waals surface area contributed by atoms with Crippen LogP contribution in [-0.2, 0) is 27.3 Å². The monoisotopic (exact) mass is 388 g/mol. The molecule has 1 aromatic heterocycles. The Morgan fingerprint density at radius 2 is 2.04 bits per heavy atom. The summed E-state index contributed by atoms with van der Waals surface area (Å²) in [6, 6.07) is -0.217. The minimum Gasteiger partial charge on any atom is -0.384 e. The quantitative estimate of drug-likeness (QED) is 0.817. The molecule has 2 amide bonds. The van der Waals surface area contributed by atoms with Crippen molar-refractivity contribution in [2.75, 3.05) is 26.8 Å². The maximum absolute atomic E-state index is 12.7. The largest absolute Gasteiger partial charge is 0.384 e. The third-order valence-electron chi connectivity index (χ3n) is 5.99. The molecule has 0 bridgehead atoms. The lowest BCUT2D eigenvalue weighted by Crippen LogP contribution is -2.43. The number of carbonyl (C=O) groups is 2. The summed E-state index contributed by atoms with van der Waals surface area (Å²) in [5.74, 6) is 0.922. The van der Waals surface area contributed by atoms with Gasteiger partial charge in [0.25, 0.3) is 5.56 Å².